The van der Waals surface area contributed by atoms with Crippen molar-refractivity contribution < 1.29 is 14.6 Å². The van der Waals surface area contributed by atoms with Gasteiger partial charge in [-0.25, -0.2) is 9.78 Å². The summed E-state index contributed by atoms with van der Waals surface area (Å²) < 4.78 is 5.49. The fourth-order valence-electron chi connectivity index (χ4n) is 2.56. The molecule has 0 aliphatic carbocycles. The number of hydrogen-bond acceptors (Lipinski definition) is 4. The van der Waals surface area contributed by atoms with E-state index >= 15 is 0 Å². The monoisotopic (exact) mass is 309 g/mol. The van der Waals surface area contributed by atoms with Gasteiger partial charge in [-0.15, -0.1) is 0 Å². The normalized spacial score (nSPS) is 11.8. The minimum Gasteiger partial charge on any atom is -0.456 e. The first kappa shape index (κ1) is 15.4. The Kier molecular flexibility index (Phi) is 3.78. The summed E-state index contributed by atoms with van der Waals surface area (Å²) in [5.41, 5.74) is 2.05. The van der Waals surface area contributed by atoms with Gasteiger partial charge in [-0.3, -0.25) is 0 Å². The van der Waals surface area contributed by atoms with Crippen LogP contribution in [-0.2, 0) is 11.3 Å². The Morgan fingerprint density at radius 2 is 1.91 bits per heavy atom. The van der Waals surface area contributed by atoms with Crippen LogP contribution in [0.1, 0.15) is 36.7 Å². The largest absolute Gasteiger partial charge is 0.456 e. The predicted octanol–water partition coefficient (Wildman–Crippen LogP) is 3.84. The molecule has 0 atom stereocenters. The molecule has 0 saturated heterocycles. The number of nitrogens with zero attached hydrogens (tertiary/aromatic N) is 1. The number of carbonyl (C=O) groups excluding carboxylic acids is 1. The van der Waals surface area contributed by atoms with Gasteiger partial charge in [0.15, 0.2) is 0 Å². The van der Waals surface area contributed by atoms with Gasteiger partial charge in [-0.1, -0.05) is 24.3 Å². The molecule has 0 spiro atoms. The van der Waals surface area contributed by atoms with Gasteiger partial charge in [0, 0.05) is 16.3 Å². The molecule has 1 heterocycles. The topological polar surface area (TPSA) is 59.4 Å². The number of para-hydroxylation sites is 1. The van der Waals surface area contributed by atoms with Crippen molar-refractivity contribution in [3.8, 4) is 0 Å². The first-order valence-corrected chi connectivity index (χ1v) is 7.54. The molecule has 3 aromatic rings. The van der Waals surface area contributed by atoms with Crippen LogP contribution in [0, 0.1) is 0 Å². The molecular weight excluding hydrogens is 290 g/mol. The molecule has 1 N–H and O–H groups in total. The summed E-state index contributed by atoms with van der Waals surface area (Å²) in [6, 6.07) is 13.1. The van der Waals surface area contributed by atoms with Crippen molar-refractivity contribution in [3.05, 3.63) is 53.6 Å². The van der Waals surface area contributed by atoms with E-state index < -0.39 is 5.60 Å². The number of ether oxygens (including phenoxy) is 1. The van der Waals surface area contributed by atoms with Crippen molar-refractivity contribution in [3.63, 3.8) is 0 Å². The number of carbonyl (C=O) groups is 1. The van der Waals surface area contributed by atoms with Crippen molar-refractivity contribution in [2.45, 2.75) is 33.0 Å². The average Bonchev–Trinajstić information content (AvgIpc) is 2.50. The number of rotatable bonds is 2. The van der Waals surface area contributed by atoms with Gasteiger partial charge in [0.25, 0.3) is 0 Å². The van der Waals surface area contributed by atoms with Gasteiger partial charge in [0.1, 0.15) is 5.60 Å². The fourth-order valence-corrected chi connectivity index (χ4v) is 2.56. The molecule has 0 aliphatic rings. The van der Waals surface area contributed by atoms with Crippen LogP contribution in [0.2, 0.25) is 0 Å². The van der Waals surface area contributed by atoms with Gasteiger partial charge < -0.3 is 9.84 Å². The molecule has 0 amide bonds. The van der Waals surface area contributed by atoms with E-state index in [9.17, 15) is 9.90 Å². The third-order valence-corrected chi connectivity index (χ3v) is 3.56. The van der Waals surface area contributed by atoms with Crippen molar-refractivity contribution in [2.75, 3.05) is 0 Å². The van der Waals surface area contributed by atoms with E-state index in [1.165, 1.54) is 0 Å². The lowest BCUT2D eigenvalue weighted by atomic mass is 10.0. The molecule has 2 aromatic carbocycles. The van der Waals surface area contributed by atoms with Crippen molar-refractivity contribution in [1.29, 1.82) is 0 Å². The zero-order valence-electron chi connectivity index (χ0n) is 13.5. The SMILES string of the molecule is CC(C)(C)OC(=O)c1ccc(CO)c2nc3ccccc3cc12. The van der Waals surface area contributed by atoms with Gasteiger partial charge in [-0.2, -0.15) is 0 Å². The molecule has 4 nitrogen and oxygen atoms in total. The summed E-state index contributed by atoms with van der Waals surface area (Å²) in [6.45, 7) is 5.38. The number of pyridine rings is 1. The van der Waals surface area contributed by atoms with E-state index in [0.717, 1.165) is 10.9 Å². The lowest BCUT2D eigenvalue weighted by molar-refractivity contribution is 0.00718. The Hall–Kier alpha value is -2.46. The first-order chi connectivity index (χ1) is 10.9. The molecule has 23 heavy (non-hydrogen) atoms. The molecule has 0 fully saturated rings. The highest BCUT2D eigenvalue weighted by molar-refractivity contribution is 6.07. The molecule has 118 valence electrons. The number of fused-ring (bicyclic) bond motifs is 2. The molecule has 0 bridgehead atoms. The van der Waals surface area contributed by atoms with Crippen LogP contribution < -0.4 is 0 Å². The van der Waals surface area contributed by atoms with Crippen LogP contribution in [-0.4, -0.2) is 21.7 Å². The highest BCUT2D eigenvalue weighted by Crippen LogP contribution is 2.27. The van der Waals surface area contributed by atoms with Gasteiger partial charge in [0.2, 0.25) is 0 Å². The highest BCUT2D eigenvalue weighted by atomic mass is 16.6. The van der Waals surface area contributed by atoms with E-state index in [1.54, 1.807) is 12.1 Å². The number of aliphatic hydroxyl groups is 1. The maximum atomic E-state index is 12.5. The maximum Gasteiger partial charge on any atom is 0.339 e. The molecular formula is C19H19NO3. The maximum absolute atomic E-state index is 12.5. The molecule has 1 aromatic heterocycles. The van der Waals surface area contributed by atoms with Crippen LogP contribution in [0.5, 0.6) is 0 Å². The molecule has 0 saturated carbocycles. The fraction of sp³-hybridized carbons (Fsp3) is 0.263. The zero-order valence-corrected chi connectivity index (χ0v) is 13.5. The van der Waals surface area contributed by atoms with Crippen molar-refractivity contribution in [1.82, 2.24) is 4.98 Å². The van der Waals surface area contributed by atoms with Crippen LogP contribution in [0.3, 0.4) is 0 Å². The Balaban J connectivity index is 2.26. The number of hydrogen-bond donors (Lipinski definition) is 1. The minimum absolute atomic E-state index is 0.129. The smallest absolute Gasteiger partial charge is 0.339 e. The lowest BCUT2D eigenvalue weighted by Gasteiger charge is -2.20. The lowest BCUT2D eigenvalue weighted by Crippen LogP contribution is -2.24. The highest BCUT2D eigenvalue weighted by Gasteiger charge is 2.21. The van der Waals surface area contributed by atoms with Gasteiger partial charge in [0.05, 0.1) is 23.2 Å². The predicted molar refractivity (Wildman–Crippen MR) is 90.3 cm³/mol. The Bertz CT molecular complexity index is 894. The summed E-state index contributed by atoms with van der Waals surface area (Å²) in [5.74, 6) is -0.385. The molecule has 4 heteroatoms. The van der Waals surface area contributed by atoms with Gasteiger partial charge in [-0.05, 0) is 39.0 Å². The second-order valence-electron chi connectivity index (χ2n) is 6.51. The molecule has 3 rings (SSSR count). The van der Waals surface area contributed by atoms with E-state index in [4.69, 9.17) is 4.74 Å². The number of benzene rings is 2. The van der Waals surface area contributed by atoms with Crippen molar-refractivity contribution >= 4 is 27.8 Å². The van der Waals surface area contributed by atoms with Crippen LogP contribution in [0.25, 0.3) is 21.8 Å². The Morgan fingerprint density at radius 1 is 1.17 bits per heavy atom. The van der Waals surface area contributed by atoms with Crippen LogP contribution in [0.15, 0.2) is 42.5 Å². The van der Waals surface area contributed by atoms with E-state index in [0.29, 0.717) is 22.0 Å². The zero-order chi connectivity index (χ0) is 16.6. The van der Waals surface area contributed by atoms with E-state index in [1.807, 2.05) is 51.1 Å². The third-order valence-electron chi connectivity index (χ3n) is 3.56. The Labute approximate surface area is 134 Å². The molecule has 0 radical (unpaired) electrons. The van der Waals surface area contributed by atoms with Crippen LogP contribution in [0.4, 0.5) is 0 Å². The summed E-state index contributed by atoms with van der Waals surface area (Å²) in [7, 11) is 0. The average molecular weight is 309 g/mol. The summed E-state index contributed by atoms with van der Waals surface area (Å²) in [4.78, 5) is 17.1. The third kappa shape index (κ3) is 3.03. The second-order valence-corrected chi connectivity index (χ2v) is 6.51. The van der Waals surface area contributed by atoms with Crippen molar-refractivity contribution in [2.24, 2.45) is 0 Å². The molecule has 0 aliphatic heterocycles. The minimum atomic E-state index is -0.566. The summed E-state index contributed by atoms with van der Waals surface area (Å²) >= 11 is 0. The summed E-state index contributed by atoms with van der Waals surface area (Å²) in [6.07, 6.45) is 0. The van der Waals surface area contributed by atoms with E-state index in [2.05, 4.69) is 4.98 Å². The van der Waals surface area contributed by atoms with E-state index in [-0.39, 0.29) is 12.6 Å². The second kappa shape index (κ2) is 5.63. The quantitative estimate of drug-likeness (QED) is 0.577. The Morgan fingerprint density at radius 3 is 2.61 bits per heavy atom. The first-order valence-electron chi connectivity index (χ1n) is 7.54. The summed E-state index contributed by atoms with van der Waals surface area (Å²) in [5, 5.41) is 11.2. The standard InChI is InChI=1S/C19H19NO3/c1-19(2,3)23-18(22)14-9-8-13(11-21)17-15(14)10-12-6-4-5-7-16(12)20-17/h4-10,21H,11H2,1-3H3. The van der Waals surface area contributed by atoms with Gasteiger partial charge >= 0.3 is 5.97 Å². The number of aliphatic hydroxyl groups excluding tert-OH is 1. The van der Waals surface area contributed by atoms with Crippen LogP contribution >= 0.6 is 0 Å². The number of aromatic nitrogens is 1. The molecule has 0 unspecified atom stereocenters. The number of esters is 1.